The van der Waals surface area contributed by atoms with Gasteiger partial charge in [-0.25, -0.2) is 9.59 Å². The van der Waals surface area contributed by atoms with E-state index >= 15 is 0 Å². The summed E-state index contributed by atoms with van der Waals surface area (Å²) in [6.45, 7) is 3.64. The van der Waals surface area contributed by atoms with Crippen LogP contribution in [0.5, 0.6) is 0 Å². The molecule has 0 saturated carbocycles. The van der Waals surface area contributed by atoms with Crippen molar-refractivity contribution in [1.29, 1.82) is 0 Å². The molecule has 136 valence electrons. The first-order valence-corrected chi connectivity index (χ1v) is 8.65. The Morgan fingerprint density at radius 1 is 1.27 bits per heavy atom. The van der Waals surface area contributed by atoms with Crippen molar-refractivity contribution in [1.82, 2.24) is 29.5 Å². The maximum absolute atomic E-state index is 12.5. The molecule has 4 rings (SSSR count). The lowest BCUT2D eigenvalue weighted by Gasteiger charge is -2.27. The van der Waals surface area contributed by atoms with Gasteiger partial charge >= 0.3 is 11.7 Å². The molecule has 0 spiro atoms. The van der Waals surface area contributed by atoms with Crippen molar-refractivity contribution in [2.24, 2.45) is 14.1 Å². The summed E-state index contributed by atoms with van der Waals surface area (Å²) in [5.41, 5.74) is 5.85. The highest BCUT2D eigenvalue weighted by Gasteiger charge is 2.23. The lowest BCUT2D eigenvalue weighted by atomic mass is 10.1. The maximum atomic E-state index is 12.5. The van der Waals surface area contributed by atoms with Crippen LogP contribution in [-0.2, 0) is 33.6 Å². The molecule has 0 unspecified atom stereocenters. The monoisotopic (exact) mass is 354 g/mol. The van der Waals surface area contributed by atoms with Gasteiger partial charge in [0.1, 0.15) is 0 Å². The third kappa shape index (κ3) is 2.58. The van der Waals surface area contributed by atoms with Crippen molar-refractivity contribution in [2.45, 2.75) is 26.4 Å². The highest BCUT2D eigenvalue weighted by atomic mass is 16.2. The Bertz CT molecular complexity index is 1060. The number of hydrogen-bond acceptors (Lipinski definition) is 3. The van der Waals surface area contributed by atoms with Crippen LogP contribution in [0, 0.1) is 6.92 Å². The van der Waals surface area contributed by atoms with Crippen LogP contribution in [0.2, 0.25) is 0 Å². The van der Waals surface area contributed by atoms with Gasteiger partial charge in [-0.15, -0.1) is 0 Å². The van der Waals surface area contributed by atoms with E-state index in [2.05, 4.69) is 15.5 Å². The predicted octanol–water partition coefficient (Wildman–Crippen LogP) is 1.18. The summed E-state index contributed by atoms with van der Waals surface area (Å²) in [5.74, 6) is 0. The first kappa shape index (κ1) is 16.4. The molecule has 0 fully saturated rings. The number of aromatic nitrogens is 4. The molecule has 1 aromatic carbocycles. The number of aryl methyl sites for hydroxylation is 3. The minimum atomic E-state index is -0.0849. The van der Waals surface area contributed by atoms with Crippen LogP contribution in [0.3, 0.4) is 0 Å². The zero-order valence-electron chi connectivity index (χ0n) is 15.2. The normalized spacial score (nSPS) is 13.9. The molecule has 8 heteroatoms. The average molecular weight is 354 g/mol. The SMILES string of the molecule is Cc1[nH]nc2c1CN(C(=O)NCc1ccc3c(c1)n(C)c(=O)n3C)CC2. The molecule has 0 atom stereocenters. The van der Waals surface area contributed by atoms with Gasteiger partial charge in [0.2, 0.25) is 0 Å². The van der Waals surface area contributed by atoms with Gasteiger partial charge in [0.15, 0.2) is 0 Å². The number of nitrogens with zero attached hydrogens (tertiary/aromatic N) is 4. The van der Waals surface area contributed by atoms with Gasteiger partial charge in [-0.3, -0.25) is 14.2 Å². The summed E-state index contributed by atoms with van der Waals surface area (Å²) < 4.78 is 3.24. The van der Waals surface area contributed by atoms with Crippen LogP contribution in [-0.4, -0.2) is 36.8 Å². The topological polar surface area (TPSA) is 88.0 Å². The minimum absolute atomic E-state index is 0.0548. The van der Waals surface area contributed by atoms with Crippen LogP contribution in [0.15, 0.2) is 23.0 Å². The number of H-pyrrole nitrogens is 1. The summed E-state index contributed by atoms with van der Waals surface area (Å²) >= 11 is 0. The third-order valence-electron chi connectivity index (χ3n) is 5.19. The van der Waals surface area contributed by atoms with Gasteiger partial charge in [0.05, 0.1) is 23.3 Å². The standard InChI is InChI=1S/C18H22N6O2/c1-11-13-10-24(7-6-14(13)21-20-11)17(25)19-9-12-4-5-15-16(8-12)23(3)18(26)22(15)2/h4-5,8H,6-7,9-10H2,1-3H3,(H,19,25)(H,20,21). The second-order valence-corrected chi connectivity index (χ2v) is 6.83. The highest BCUT2D eigenvalue weighted by molar-refractivity contribution is 5.77. The first-order chi connectivity index (χ1) is 12.5. The minimum Gasteiger partial charge on any atom is -0.334 e. The van der Waals surface area contributed by atoms with Gasteiger partial charge < -0.3 is 10.2 Å². The fraction of sp³-hybridized carbons (Fsp3) is 0.389. The van der Waals surface area contributed by atoms with E-state index in [4.69, 9.17) is 0 Å². The molecular formula is C18H22N6O2. The van der Waals surface area contributed by atoms with E-state index in [9.17, 15) is 9.59 Å². The second-order valence-electron chi connectivity index (χ2n) is 6.83. The zero-order valence-corrected chi connectivity index (χ0v) is 15.2. The Morgan fingerprint density at radius 3 is 2.85 bits per heavy atom. The quantitative estimate of drug-likeness (QED) is 0.724. The summed E-state index contributed by atoms with van der Waals surface area (Å²) in [6.07, 6.45) is 0.769. The van der Waals surface area contributed by atoms with Crippen molar-refractivity contribution in [2.75, 3.05) is 6.54 Å². The van der Waals surface area contributed by atoms with Crippen molar-refractivity contribution < 1.29 is 4.79 Å². The van der Waals surface area contributed by atoms with E-state index in [-0.39, 0.29) is 11.7 Å². The number of rotatable bonds is 2. The van der Waals surface area contributed by atoms with E-state index in [0.29, 0.717) is 19.6 Å². The van der Waals surface area contributed by atoms with Gasteiger partial charge in [-0.05, 0) is 24.6 Å². The number of carbonyl (C=O) groups excluding carboxylic acids is 1. The van der Waals surface area contributed by atoms with Crippen molar-refractivity contribution >= 4 is 17.1 Å². The summed E-state index contributed by atoms with van der Waals surface area (Å²) in [6, 6.07) is 5.72. The van der Waals surface area contributed by atoms with Crippen LogP contribution in [0.25, 0.3) is 11.0 Å². The smallest absolute Gasteiger partial charge is 0.328 e. The number of nitrogens with one attached hydrogen (secondary N) is 2. The van der Waals surface area contributed by atoms with Crippen LogP contribution in [0.1, 0.15) is 22.5 Å². The number of fused-ring (bicyclic) bond motifs is 2. The number of benzene rings is 1. The fourth-order valence-corrected chi connectivity index (χ4v) is 3.56. The molecule has 2 aromatic heterocycles. The Hall–Kier alpha value is -3.03. The Labute approximate surface area is 150 Å². The van der Waals surface area contributed by atoms with Crippen LogP contribution < -0.4 is 11.0 Å². The maximum Gasteiger partial charge on any atom is 0.328 e. The van der Waals surface area contributed by atoms with E-state index in [1.165, 1.54) is 0 Å². The molecule has 0 radical (unpaired) electrons. The molecule has 8 nitrogen and oxygen atoms in total. The van der Waals surface area contributed by atoms with E-state index in [1.54, 1.807) is 23.2 Å². The first-order valence-electron chi connectivity index (χ1n) is 8.65. The molecule has 3 heterocycles. The summed E-state index contributed by atoms with van der Waals surface area (Å²) in [7, 11) is 3.51. The lowest BCUT2D eigenvalue weighted by molar-refractivity contribution is 0.191. The summed E-state index contributed by atoms with van der Waals surface area (Å²) in [4.78, 5) is 26.4. The van der Waals surface area contributed by atoms with Crippen molar-refractivity contribution in [3.63, 3.8) is 0 Å². The number of aromatic amines is 1. The predicted molar refractivity (Wildman–Crippen MR) is 97.8 cm³/mol. The van der Waals surface area contributed by atoms with Crippen LogP contribution >= 0.6 is 0 Å². The van der Waals surface area contributed by atoms with E-state index in [1.807, 2.05) is 30.0 Å². The largest absolute Gasteiger partial charge is 0.334 e. The number of hydrogen-bond donors (Lipinski definition) is 2. The lowest BCUT2D eigenvalue weighted by Crippen LogP contribution is -2.42. The number of urea groups is 1. The average Bonchev–Trinajstić information content (AvgIpc) is 3.13. The molecule has 2 amide bonds. The molecule has 0 bridgehead atoms. The molecular weight excluding hydrogens is 332 g/mol. The summed E-state index contributed by atoms with van der Waals surface area (Å²) in [5, 5.41) is 10.2. The van der Waals surface area contributed by atoms with Crippen molar-refractivity contribution in [3.05, 3.63) is 51.2 Å². The molecule has 0 saturated heterocycles. The van der Waals surface area contributed by atoms with Gasteiger partial charge in [-0.1, -0.05) is 6.07 Å². The van der Waals surface area contributed by atoms with E-state index in [0.717, 1.165) is 40.0 Å². The number of carbonyl (C=O) groups is 1. The van der Waals surface area contributed by atoms with Crippen molar-refractivity contribution in [3.8, 4) is 0 Å². The second kappa shape index (κ2) is 6.05. The molecule has 3 aromatic rings. The third-order valence-corrected chi connectivity index (χ3v) is 5.19. The van der Waals surface area contributed by atoms with Gasteiger partial charge in [-0.2, -0.15) is 5.10 Å². The molecule has 1 aliphatic rings. The van der Waals surface area contributed by atoms with Gasteiger partial charge in [0, 0.05) is 44.9 Å². The number of amides is 2. The van der Waals surface area contributed by atoms with Crippen LogP contribution in [0.4, 0.5) is 4.79 Å². The van der Waals surface area contributed by atoms with Gasteiger partial charge in [0.25, 0.3) is 0 Å². The number of imidazole rings is 1. The Morgan fingerprint density at radius 2 is 2.04 bits per heavy atom. The highest BCUT2D eigenvalue weighted by Crippen LogP contribution is 2.20. The fourth-order valence-electron chi connectivity index (χ4n) is 3.56. The molecule has 2 N–H and O–H groups in total. The molecule has 1 aliphatic heterocycles. The Kier molecular flexibility index (Phi) is 3.82. The zero-order chi connectivity index (χ0) is 18.4. The Balaban J connectivity index is 1.47. The van der Waals surface area contributed by atoms with E-state index < -0.39 is 0 Å². The molecule has 0 aliphatic carbocycles. The molecule has 26 heavy (non-hydrogen) atoms.